The average molecular weight is 252 g/mol. The van der Waals surface area contributed by atoms with Crippen molar-refractivity contribution in [2.75, 3.05) is 25.6 Å². The Bertz CT molecular complexity index is 328. The molecule has 0 aliphatic heterocycles. The molecule has 0 saturated carbocycles. The van der Waals surface area contributed by atoms with Crippen LogP contribution in [0.5, 0.6) is 0 Å². The van der Waals surface area contributed by atoms with Crippen LogP contribution in [0, 0.1) is 6.92 Å². The number of likely N-dealkylation sites (N-methyl/N-ethyl adjacent to an activating group) is 1. The molecular weight excluding hydrogens is 228 g/mol. The van der Waals surface area contributed by atoms with Crippen LogP contribution in [0.3, 0.4) is 0 Å². The number of benzene rings is 1. The van der Waals surface area contributed by atoms with Crippen molar-refractivity contribution in [2.24, 2.45) is 5.73 Å². The predicted octanol–water partition coefficient (Wildman–Crippen LogP) is 2.51. The van der Waals surface area contributed by atoms with Gasteiger partial charge in [-0.1, -0.05) is 24.3 Å². The van der Waals surface area contributed by atoms with Gasteiger partial charge in [0.2, 0.25) is 0 Å². The molecular formula is C14H24N2S. The number of hydrogen-bond donors (Lipinski definition) is 1. The molecule has 0 bridgehead atoms. The van der Waals surface area contributed by atoms with Crippen LogP contribution < -0.4 is 5.73 Å². The fourth-order valence-electron chi connectivity index (χ4n) is 1.96. The molecule has 96 valence electrons. The third-order valence-corrected chi connectivity index (χ3v) is 3.88. The number of nitrogens with two attached hydrogens (primary N) is 1. The molecule has 1 atom stereocenters. The van der Waals surface area contributed by atoms with E-state index < -0.39 is 0 Å². The molecule has 0 amide bonds. The molecule has 2 nitrogen and oxygen atoms in total. The van der Waals surface area contributed by atoms with E-state index >= 15 is 0 Å². The maximum atomic E-state index is 5.86. The summed E-state index contributed by atoms with van der Waals surface area (Å²) >= 11 is 1.89. The number of rotatable bonds is 7. The second kappa shape index (κ2) is 7.75. The molecule has 0 radical (unpaired) electrons. The van der Waals surface area contributed by atoms with Crippen LogP contribution in [0.15, 0.2) is 24.3 Å². The van der Waals surface area contributed by atoms with Gasteiger partial charge in [0.05, 0.1) is 0 Å². The number of hydrogen-bond acceptors (Lipinski definition) is 3. The van der Waals surface area contributed by atoms with Crippen LogP contribution in [-0.2, 0) is 6.54 Å². The van der Waals surface area contributed by atoms with Crippen molar-refractivity contribution in [3.8, 4) is 0 Å². The van der Waals surface area contributed by atoms with Crippen LogP contribution in [0.1, 0.15) is 17.5 Å². The van der Waals surface area contributed by atoms with Gasteiger partial charge in [0, 0.05) is 19.1 Å². The lowest BCUT2D eigenvalue weighted by Crippen LogP contribution is -2.38. The van der Waals surface area contributed by atoms with Crippen molar-refractivity contribution in [3.05, 3.63) is 35.4 Å². The molecule has 0 aromatic heterocycles. The maximum Gasteiger partial charge on any atom is 0.0236 e. The van der Waals surface area contributed by atoms with Crippen molar-refractivity contribution in [2.45, 2.75) is 25.9 Å². The molecule has 1 rings (SSSR count). The van der Waals surface area contributed by atoms with Gasteiger partial charge in [0.1, 0.15) is 0 Å². The molecule has 1 aromatic rings. The summed E-state index contributed by atoms with van der Waals surface area (Å²) in [7, 11) is 2.17. The molecule has 0 heterocycles. The van der Waals surface area contributed by atoms with E-state index in [0.29, 0.717) is 6.04 Å². The van der Waals surface area contributed by atoms with Crippen LogP contribution in [0.4, 0.5) is 0 Å². The van der Waals surface area contributed by atoms with Crippen LogP contribution in [0.25, 0.3) is 0 Å². The molecule has 0 saturated heterocycles. The van der Waals surface area contributed by atoms with Gasteiger partial charge in [-0.3, -0.25) is 4.90 Å². The fraction of sp³-hybridized carbons (Fsp3) is 0.571. The first kappa shape index (κ1) is 14.6. The minimum absolute atomic E-state index is 0.488. The Morgan fingerprint density at radius 1 is 1.35 bits per heavy atom. The first-order valence-electron chi connectivity index (χ1n) is 6.12. The zero-order chi connectivity index (χ0) is 12.7. The van der Waals surface area contributed by atoms with Gasteiger partial charge in [-0.15, -0.1) is 0 Å². The highest BCUT2D eigenvalue weighted by molar-refractivity contribution is 7.98. The van der Waals surface area contributed by atoms with Crippen molar-refractivity contribution in [1.29, 1.82) is 0 Å². The fourth-order valence-corrected chi connectivity index (χ4v) is 2.47. The highest BCUT2D eigenvalue weighted by Crippen LogP contribution is 2.13. The molecule has 0 aliphatic rings. The Morgan fingerprint density at radius 3 is 2.65 bits per heavy atom. The third-order valence-electron chi connectivity index (χ3n) is 3.23. The number of nitrogens with zero attached hydrogens (tertiary/aromatic N) is 1. The van der Waals surface area contributed by atoms with Crippen molar-refractivity contribution in [1.82, 2.24) is 4.90 Å². The Kier molecular flexibility index (Phi) is 6.63. The molecule has 0 aliphatic carbocycles. The van der Waals surface area contributed by atoms with Gasteiger partial charge in [-0.05, 0) is 43.5 Å². The quantitative estimate of drug-likeness (QED) is 0.808. The van der Waals surface area contributed by atoms with Gasteiger partial charge in [0.15, 0.2) is 0 Å². The molecule has 0 spiro atoms. The van der Waals surface area contributed by atoms with E-state index in [2.05, 4.69) is 49.4 Å². The minimum atomic E-state index is 0.488. The molecule has 17 heavy (non-hydrogen) atoms. The largest absolute Gasteiger partial charge is 0.329 e. The average Bonchev–Trinajstić information content (AvgIpc) is 2.33. The first-order valence-corrected chi connectivity index (χ1v) is 7.52. The summed E-state index contributed by atoms with van der Waals surface area (Å²) in [5, 5.41) is 0. The predicted molar refractivity (Wildman–Crippen MR) is 78.5 cm³/mol. The van der Waals surface area contributed by atoms with Crippen LogP contribution in [-0.4, -0.2) is 36.5 Å². The van der Waals surface area contributed by atoms with E-state index in [1.54, 1.807) is 0 Å². The normalized spacial score (nSPS) is 13.0. The van der Waals surface area contributed by atoms with E-state index in [0.717, 1.165) is 13.1 Å². The molecule has 1 unspecified atom stereocenters. The summed E-state index contributed by atoms with van der Waals surface area (Å²) < 4.78 is 0. The SMILES string of the molecule is CSCCC(CN)N(C)Cc1ccccc1C. The summed E-state index contributed by atoms with van der Waals surface area (Å²) in [5.41, 5.74) is 8.62. The lowest BCUT2D eigenvalue weighted by Gasteiger charge is -2.27. The zero-order valence-corrected chi connectivity index (χ0v) is 12.0. The topological polar surface area (TPSA) is 29.3 Å². The monoisotopic (exact) mass is 252 g/mol. The molecule has 0 fully saturated rings. The van der Waals surface area contributed by atoms with E-state index in [-0.39, 0.29) is 0 Å². The van der Waals surface area contributed by atoms with E-state index in [1.807, 2.05) is 11.8 Å². The molecule has 2 N–H and O–H groups in total. The van der Waals surface area contributed by atoms with Crippen LogP contribution >= 0.6 is 11.8 Å². The Morgan fingerprint density at radius 2 is 2.06 bits per heavy atom. The summed E-state index contributed by atoms with van der Waals surface area (Å²) in [6, 6.07) is 9.06. The number of aryl methyl sites for hydroxylation is 1. The van der Waals surface area contributed by atoms with E-state index in [4.69, 9.17) is 5.73 Å². The van der Waals surface area contributed by atoms with E-state index in [9.17, 15) is 0 Å². The first-order chi connectivity index (χ1) is 8.19. The van der Waals surface area contributed by atoms with Gasteiger partial charge < -0.3 is 5.73 Å². The molecule has 1 aromatic carbocycles. The Hall–Kier alpha value is -0.510. The van der Waals surface area contributed by atoms with Crippen molar-refractivity contribution < 1.29 is 0 Å². The maximum absolute atomic E-state index is 5.86. The highest BCUT2D eigenvalue weighted by Gasteiger charge is 2.13. The standard InChI is InChI=1S/C14H24N2S/c1-12-6-4-5-7-13(12)11-16(2)14(10-15)8-9-17-3/h4-7,14H,8-11,15H2,1-3H3. The van der Waals surface area contributed by atoms with Crippen LogP contribution in [0.2, 0.25) is 0 Å². The van der Waals surface area contributed by atoms with Gasteiger partial charge in [-0.25, -0.2) is 0 Å². The zero-order valence-electron chi connectivity index (χ0n) is 11.1. The second-order valence-corrected chi connectivity index (χ2v) is 5.50. The Labute approximate surface area is 110 Å². The van der Waals surface area contributed by atoms with Gasteiger partial charge in [-0.2, -0.15) is 11.8 Å². The van der Waals surface area contributed by atoms with Crippen molar-refractivity contribution >= 4 is 11.8 Å². The molecule has 3 heteroatoms. The number of thioether (sulfide) groups is 1. The van der Waals surface area contributed by atoms with Crippen molar-refractivity contribution in [3.63, 3.8) is 0 Å². The smallest absolute Gasteiger partial charge is 0.0236 e. The minimum Gasteiger partial charge on any atom is -0.329 e. The lowest BCUT2D eigenvalue weighted by molar-refractivity contribution is 0.233. The third kappa shape index (κ3) is 4.70. The van der Waals surface area contributed by atoms with Gasteiger partial charge in [0.25, 0.3) is 0 Å². The van der Waals surface area contributed by atoms with Gasteiger partial charge >= 0.3 is 0 Å². The summed E-state index contributed by atoms with van der Waals surface area (Å²) in [4.78, 5) is 2.37. The highest BCUT2D eigenvalue weighted by atomic mass is 32.2. The summed E-state index contributed by atoms with van der Waals surface area (Å²) in [6.07, 6.45) is 3.31. The summed E-state index contributed by atoms with van der Waals surface area (Å²) in [5.74, 6) is 1.18. The Balaban J connectivity index is 2.57. The second-order valence-electron chi connectivity index (χ2n) is 4.51. The summed E-state index contributed by atoms with van der Waals surface area (Å²) in [6.45, 7) is 3.90. The lowest BCUT2D eigenvalue weighted by atomic mass is 10.1. The van der Waals surface area contributed by atoms with E-state index in [1.165, 1.54) is 23.3 Å².